The second kappa shape index (κ2) is 8.49. The maximum atomic E-state index is 12.4. The van der Waals surface area contributed by atoms with Gasteiger partial charge in [0.25, 0.3) is 5.91 Å². The van der Waals surface area contributed by atoms with Gasteiger partial charge < -0.3 is 14.8 Å². The molecule has 2 aromatic rings. The number of carbonyl (C=O) groups is 2. The van der Waals surface area contributed by atoms with E-state index < -0.39 is 12.0 Å². The lowest BCUT2D eigenvalue weighted by Gasteiger charge is -2.18. The quantitative estimate of drug-likeness (QED) is 0.765. The summed E-state index contributed by atoms with van der Waals surface area (Å²) in [6.45, 7) is 1.95. The van der Waals surface area contributed by atoms with Crippen molar-refractivity contribution in [2.45, 2.75) is 13.0 Å². The first-order valence-corrected chi connectivity index (χ1v) is 8.22. The zero-order chi connectivity index (χ0) is 17.5. The second-order valence-corrected chi connectivity index (χ2v) is 5.77. The van der Waals surface area contributed by atoms with Crippen LogP contribution in [0.25, 0.3) is 0 Å². The third-order valence-electron chi connectivity index (χ3n) is 3.34. The number of rotatable bonds is 6. The Morgan fingerprint density at radius 1 is 1.17 bits per heavy atom. The van der Waals surface area contributed by atoms with Crippen molar-refractivity contribution in [3.8, 4) is 5.75 Å². The number of esters is 1. The summed E-state index contributed by atoms with van der Waals surface area (Å²) in [5, 5.41) is 2.72. The minimum absolute atomic E-state index is 0.230. The van der Waals surface area contributed by atoms with E-state index in [1.165, 1.54) is 0 Å². The van der Waals surface area contributed by atoms with Crippen LogP contribution < -0.4 is 10.1 Å². The maximum absolute atomic E-state index is 12.4. The fourth-order valence-electron chi connectivity index (χ4n) is 2.17. The van der Waals surface area contributed by atoms with Crippen LogP contribution in [-0.2, 0) is 9.53 Å². The molecule has 1 N–H and O–H groups in total. The van der Waals surface area contributed by atoms with Gasteiger partial charge in [-0.3, -0.25) is 4.79 Å². The van der Waals surface area contributed by atoms with Gasteiger partial charge in [0, 0.05) is 5.56 Å². The number of halogens is 1. The first-order chi connectivity index (χ1) is 11.6. The van der Waals surface area contributed by atoms with Crippen molar-refractivity contribution < 1.29 is 19.1 Å². The largest absolute Gasteiger partial charge is 0.496 e. The first kappa shape index (κ1) is 18.0. The molecule has 0 aromatic heterocycles. The molecule has 0 heterocycles. The zero-order valence-corrected chi connectivity index (χ0v) is 15.0. The number of hydrogen-bond acceptors (Lipinski definition) is 4. The van der Waals surface area contributed by atoms with Crippen molar-refractivity contribution in [2.75, 3.05) is 13.7 Å². The molecule has 0 saturated heterocycles. The van der Waals surface area contributed by atoms with E-state index in [0.29, 0.717) is 21.3 Å². The molecule has 1 atom stereocenters. The summed E-state index contributed by atoms with van der Waals surface area (Å²) < 4.78 is 11.0. The molecule has 1 amide bonds. The van der Waals surface area contributed by atoms with E-state index in [1.807, 2.05) is 6.07 Å². The highest BCUT2D eigenvalue weighted by atomic mass is 79.9. The van der Waals surface area contributed by atoms with Gasteiger partial charge in [-0.05, 0) is 52.7 Å². The van der Waals surface area contributed by atoms with Crippen LogP contribution in [0.5, 0.6) is 5.75 Å². The van der Waals surface area contributed by atoms with Crippen LogP contribution >= 0.6 is 15.9 Å². The normalized spacial score (nSPS) is 11.5. The third kappa shape index (κ3) is 4.35. The predicted octanol–water partition coefficient (Wildman–Crippen LogP) is 3.49. The van der Waals surface area contributed by atoms with E-state index in [2.05, 4.69) is 21.2 Å². The molecule has 0 spiro atoms. The molecule has 0 aliphatic rings. The smallest absolute Gasteiger partial charge is 0.333 e. The average molecular weight is 392 g/mol. The molecule has 0 fully saturated rings. The fourth-order valence-corrected chi connectivity index (χ4v) is 2.73. The van der Waals surface area contributed by atoms with Gasteiger partial charge in [-0.2, -0.15) is 0 Å². The lowest BCUT2D eigenvalue weighted by atomic mass is 10.1. The molecule has 5 nitrogen and oxygen atoms in total. The minimum atomic E-state index is -0.903. The van der Waals surface area contributed by atoms with Gasteiger partial charge in [-0.1, -0.05) is 24.3 Å². The van der Waals surface area contributed by atoms with E-state index in [9.17, 15) is 9.59 Å². The Morgan fingerprint density at radius 3 is 2.46 bits per heavy atom. The predicted molar refractivity (Wildman–Crippen MR) is 94.0 cm³/mol. The summed E-state index contributed by atoms with van der Waals surface area (Å²) in [6.07, 6.45) is 0. The minimum Gasteiger partial charge on any atom is -0.496 e. The highest BCUT2D eigenvalue weighted by Gasteiger charge is 2.25. The molecule has 126 valence electrons. The Balaban J connectivity index is 2.29. The van der Waals surface area contributed by atoms with Crippen molar-refractivity contribution in [2.24, 2.45) is 0 Å². The maximum Gasteiger partial charge on any atom is 0.333 e. The average Bonchev–Trinajstić information content (AvgIpc) is 2.60. The molecule has 1 unspecified atom stereocenters. The van der Waals surface area contributed by atoms with E-state index in [-0.39, 0.29) is 12.5 Å². The van der Waals surface area contributed by atoms with Gasteiger partial charge in [-0.15, -0.1) is 0 Å². The van der Waals surface area contributed by atoms with E-state index in [1.54, 1.807) is 56.5 Å². The molecule has 0 bridgehead atoms. The Labute approximate surface area is 149 Å². The standard InChI is InChI=1S/C18H18BrNO4/c1-3-24-18(22)16(13-9-10-15(23-2)14(19)11-13)20-17(21)12-7-5-4-6-8-12/h4-11,16H,3H2,1-2H3,(H,20,21). The summed E-state index contributed by atoms with van der Waals surface area (Å²) in [7, 11) is 1.56. The first-order valence-electron chi connectivity index (χ1n) is 7.42. The van der Waals surface area contributed by atoms with Gasteiger partial charge in [0.2, 0.25) is 0 Å². The molecule has 24 heavy (non-hydrogen) atoms. The zero-order valence-electron chi connectivity index (χ0n) is 13.4. The molecule has 6 heteroatoms. The number of carbonyl (C=O) groups excluding carboxylic acids is 2. The summed E-state index contributed by atoms with van der Waals surface area (Å²) >= 11 is 3.39. The fraction of sp³-hybridized carbons (Fsp3) is 0.222. The molecular formula is C18H18BrNO4. The molecular weight excluding hydrogens is 374 g/mol. The molecule has 0 radical (unpaired) electrons. The van der Waals surface area contributed by atoms with Crippen LogP contribution in [0, 0.1) is 0 Å². The SMILES string of the molecule is CCOC(=O)C(NC(=O)c1ccccc1)c1ccc(OC)c(Br)c1. The number of amides is 1. The van der Waals surface area contributed by atoms with Crippen molar-refractivity contribution in [3.05, 3.63) is 64.1 Å². The Kier molecular flexibility index (Phi) is 6.37. The number of methoxy groups -OCH3 is 1. The number of nitrogens with one attached hydrogen (secondary N) is 1. The van der Waals surface area contributed by atoms with Crippen molar-refractivity contribution in [3.63, 3.8) is 0 Å². The van der Waals surface area contributed by atoms with Crippen LogP contribution in [0.1, 0.15) is 28.9 Å². The Morgan fingerprint density at radius 2 is 1.88 bits per heavy atom. The van der Waals surface area contributed by atoms with Crippen LogP contribution in [0.3, 0.4) is 0 Å². The number of benzene rings is 2. The van der Waals surface area contributed by atoms with Crippen molar-refractivity contribution in [1.29, 1.82) is 0 Å². The Bertz CT molecular complexity index is 718. The van der Waals surface area contributed by atoms with E-state index in [0.717, 1.165) is 0 Å². The third-order valence-corrected chi connectivity index (χ3v) is 3.96. The van der Waals surface area contributed by atoms with Crippen LogP contribution in [0.4, 0.5) is 0 Å². The molecule has 2 rings (SSSR count). The summed E-state index contributed by atoms with van der Waals surface area (Å²) in [5.41, 5.74) is 1.07. The summed E-state index contributed by atoms with van der Waals surface area (Å²) in [4.78, 5) is 24.7. The lowest BCUT2D eigenvalue weighted by Crippen LogP contribution is -2.35. The molecule has 0 saturated carbocycles. The summed E-state index contributed by atoms with van der Waals surface area (Å²) in [6, 6.07) is 13.0. The molecule has 2 aromatic carbocycles. The lowest BCUT2D eigenvalue weighted by molar-refractivity contribution is -0.145. The van der Waals surface area contributed by atoms with Crippen LogP contribution in [0.15, 0.2) is 53.0 Å². The summed E-state index contributed by atoms with van der Waals surface area (Å²) in [5.74, 6) is -0.227. The van der Waals surface area contributed by atoms with Gasteiger partial charge >= 0.3 is 5.97 Å². The van der Waals surface area contributed by atoms with Crippen molar-refractivity contribution in [1.82, 2.24) is 5.32 Å². The molecule has 0 aliphatic heterocycles. The number of ether oxygens (including phenoxy) is 2. The monoisotopic (exact) mass is 391 g/mol. The highest BCUT2D eigenvalue weighted by molar-refractivity contribution is 9.10. The van der Waals surface area contributed by atoms with Gasteiger partial charge in [0.15, 0.2) is 6.04 Å². The van der Waals surface area contributed by atoms with E-state index >= 15 is 0 Å². The number of hydrogen-bond donors (Lipinski definition) is 1. The molecule has 0 aliphatic carbocycles. The van der Waals surface area contributed by atoms with E-state index in [4.69, 9.17) is 9.47 Å². The van der Waals surface area contributed by atoms with Gasteiger partial charge in [0.05, 0.1) is 18.2 Å². The van der Waals surface area contributed by atoms with Gasteiger partial charge in [0.1, 0.15) is 5.75 Å². The van der Waals surface area contributed by atoms with Gasteiger partial charge in [-0.25, -0.2) is 4.79 Å². The Hall–Kier alpha value is -2.34. The highest BCUT2D eigenvalue weighted by Crippen LogP contribution is 2.28. The van der Waals surface area contributed by atoms with Crippen LogP contribution in [0.2, 0.25) is 0 Å². The second-order valence-electron chi connectivity index (χ2n) is 4.92. The topological polar surface area (TPSA) is 64.6 Å². The van der Waals surface area contributed by atoms with Crippen molar-refractivity contribution >= 4 is 27.8 Å². The van der Waals surface area contributed by atoms with Crippen LogP contribution in [-0.4, -0.2) is 25.6 Å².